The summed E-state index contributed by atoms with van der Waals surface area (Å²) in [5.74, 6) is -3.64. The van der Waals surface area contributed by atoms with Crippen LogP contribution in [0.3, 0.4) is 0 Å². The molecule has 0 radical (unpaired) electrons. The molecule has 170 valence electrons. The van der Waals surface area contributed by atoms with E-state index in [0.29, 0.717) is 0 Å². The van der Waals surface area contributed by atoms with Crippen molar-refractivity contribution in [2.75, 3.05) is 0 Å². The van der Waals surface area contributed by atoms with Gasteiger partial charge in [-0.05, 0) is 17.5 Å². The van der Waals surface area contributed by atoms with Gasteiger partial charge in [0.05, 0.1) is 6.04 Å². The van der Waals surface area contributed by atoms with Crippen LogP contribution >= 0.6 is 0 Å². The normalized spacial score (nSPS) is 13.4. The molecule has 9 heteroatoms. The second-order valence-electron chi connectivity index (χ2n) is 7.38. The number of hydrogen-bond donors (Lipinski definition) is 5. The minimum atomic E-state index is -1.20. The molecule has 0 bridgehead atoms. The highest BCUT2D eigenvalue weighted by molar-refractivity contribution is 5.92. The number of hydrogen-bond acceptors (Lipinski definition) is 5. The molecule has 0 aliphatic heterocycles. The van der Waals surface area contributed by atoms with Crippen LogP contribution in [0, 0.1) is 0 Å². The van der Waals surface area contributed by atoms with Gasteiger partial charge in [-0.1, -0.05) is 60.7 Å². The first-order valence-corrected chi connectivity index (χ1v) is 10.1. The summed E-state index contributed by atoms with van der Waals surface area (Å²) in [5, 5.41) is 23.4. The van der Waals surface area contributed by atoms with Crippen molar-refractivity contribution in [1.29, 1.82) is 0 Å². The largest absolute Gasteiger partial charge is 0.481 e. The number of carboxylic acid groups (broad SMARTS) is 2. The van der Waals surface area contributed by atoms with E-state index in [4.69, 9.17) is 10.8 Å². The van der Waals surface area contributed by atoms with Gasteiger partial charge in [0.15, 0.2) is 0 Å². The standard InChI is InChI=1S/C23H27N3O6/c24-17(11-12-20(27)28)21(29)25-18(13-15-7-3-1-4-8-15)22(30)26-19(23(31)32)14-16-9-5-2-6-10-16/h1-10,17-19H,11-14,24H2,(H,25,29)(H,26,30)(H,27,28)(H,31,32). The number of nitrogens with one attached hydrogen (secondary N) is 2. The average molecular weight is 441 g/mol. The van der Waals surface area contributed by atoms with Crippen molar-refractivity contribution >= 4 is 23.8 Å². The van der Waals surface area contributed by atoms with E-state index in [9.17, 15) is 24.3 Å². The smallest absolute Gasteiger partial charge is 0.326 e. The molecule has 0 fully saturated rings. The molecule has 0 aliphatic rings. The summed E-state index contributed by atoms with van der Waals surface area (Å²) in [5.41, 5.74) is 7.25. The Kier molecular flexibility index (Phi) is 9.37. The summed E-state index contributed by atoms with van der Waals surface area (Å²) < 4.78 is 0. The van der Waals surface area contributed by atoms with Crippen molar-refractivity contribution in [3.8, 4) is 0 Å². The number of carboxylic acids is 2. The van der Waals surface area contributed by atoms with Crippen LogP contribution in [0.2, 0.25) is 0 Å². The number of carbonyl (C=O) groups excluding carboxylic acids is 2. The van der Waals surface area contributed by atoms with Crippen LogP contribution in [0.25, 0.3) is 0 Å². The van der Waals surface area contributed by atoms with Crippen LogP contribution in [-0.4, -0.2) is 52.1 Å². The topological polar surface area (TPSA) is 159 Å². The average Bonchev–Trinajstić information content (AvgIpc) is 2.77. The predicted molar refractivity (Wildman–Crippen MR) is 117 cm³/mol. The SMILES string of the molecule is NC(CCC(=O)O)C(=O)NC(Cc1ccccc1)C(=O)NC(Cc1ccccc1)C(=O)O. The predicted octanol–water partition coefficient (Wildman–Crippen LogP) is 0.718. The molecule has 32 heavy (non-hydrogen) atoms. The van der Waals surface area contributed by atoms with E-state index in [1.165, 1.54) is 0 Å². The number of carbonyl (C=O) groups is 4. The lowest BCUT2D eigenvalue weighted by atomic mass is 10.0. The van der Waals surface area contributed by atoms with Gasteiger partial charge in [0.2, 0.25) is 11.8 Å². The van der Waals surface area contributed by atoms with Crippen molar-refractivity contribution < 1.29 is 29.4 Å². The zero-order valence-corrected chi connectivity index (χ0v) is 17.4. The second kappa shape index (κ2) is 12.2. The Hall–Kier alpha value is -3.72. The number of benzene rings is 2. The van der Waals surface area contributed by atoms with Gasteiger partial charge >= 0.3 is 11.9 Å². The maximum Gasteiger partial charge on any atom is 0.326 e. The van der Waals surface area contributed by atoms with Crippen molar-refractivity contribution in [3.63, 3.8) is 0 Å². The third-order valence-corrected chi connectivity index (χ3v) is 4.82. The summed E-state index contributed by atoms with van der Waals surface area (Å²) in [4.78, 5) is 47.8. The van der Waals surface area contributed by atoms with E-state index in [2.05, 4.69) is 10.6 Å². The molecule has 3 atom stereocenters. The van der Waals surface area contributed by atoms with Gasteiger partial charge in [-0.15, -0.1) is 0 Å². The fraction of sp³-hybridized carbons (Fsp3) is 0.304. The van der Waals surface area contributed by atoms with E-state index in [1.54, 1.807) is 60.7 Å². The first-order valence-electron chi connectivity index (χ1n) is 10.1. The minimum absolute atomic E-state index is 0.0754. The second-order valence-corrected chi connectivity index (χ2v) is 7.38. The Morgan fingerprint density at radius 3 is 1.69 bits per heavy atom. The summed E-state index contributed by atoms with van der Waals surface area (Å²) >= 11 is 0. The molecule has 0 aliphatic carbocycles. The van der Waals surface area contributed by atoms with Gasteiger partial charge in [0, 0.05) is 19.3 Å². The van der Waals surface area contributed by atoms with Crippen LogP contribution < -0.4 is 16.4 Å². The van der Waals surface area contributed by atoms with Crippen molar-refractivity contribution in [3.05, 3.63) is 71.8 Å². The Balaban J connectivity index is 2.13. The quantitative estimate of drug-likeness (QED) is 0.324. The first-order chi connectivity index (χ1) is 15.3. The number of amides is 2. The highest BCUT2D eigenvalue weighted by Gasteiger charge is 2.28. The van der Waals surface area contributed by atoms with Gasteiger partial charge in [0.25, 0.3) is 0 Å². The zero-order chi connectivity index (χ0) is 23.5. The monoisotopic (exact) mass is 441 g/mol. The van der Waals surface area contributed by atoms with Gasteiger partial charge in [-0.3, -0.25) is 14.4 Å². The van der Waals surface area contributed by atoms with E-state index >= 15 is 0 Å². The summed E-state index contributed by atoms with van der Waals surface area (Å²) in [6, 6.07) is 14.4. The third-order valence-electron chi connectivity index (χ3n) is 4.82. The van der Waals surface area contributed by atoms with E-state index in [0.717, 1.165) is 11.1 Å². The Morgan fingerprint density at radius 1 is 0.750 bits per heavy atom. The number of nitrogens with two attached hydrogens (primary N) is 1. The molecule has 0 spiro atoms. The molecular weight excluding hydrogens is 414 g/mol. The molecule has 0 saturated heterocycles. The molecule has 2 aromatic carbocycles. The summed E-state index contributed by atoms with van der Waals surface area (Å²) in [6.07, 6.45) is -0.192. The van der Waals surface area contributed by atoms with Gasteiger partial charge in [-0.25, -0.2) is 4.79 Å². The van der Waals surface area contributed by atoms with Crippen molar-refractivity contribution in [2.24, 2.45) is 5.73 Å². The Morgan fingerprint density at radius 2 is 1.22 bits per heavy atom. The maximum absolute atomic E-state index is 13.0. The van der Waals surface area contributed by atoms with Gasteiger partial charge < -0.3 is 26.6 Å². The molecule has 2 amide bonds. The molecule has 0 saturated carbocycles. The van der Waals surface area contributed by atoms with Crippen LogP contribution in [0.15, 0.2) is 60.7 Å². The van der Waals surface area contributed by atoms with Crippen molar-refractivity contribution in [2.45, 2.75) is 43.8 Å². The van der Waals surface area contributed by atoms with Crippen LogP contribution in [0.1, 0.15) is 24.0 Å². The molecule has 9 nitrogen and oxygen atoms in total. The molecule has 2 rings (SSSR count). The van der Waals surface area contributed by atoms with Crippen molar-refractivity contribution in [1.82, 2.24) is 10.6 Å². The summed E-state index contributed by atoms with van der Waals surface area (Å²) in [6.45, 7) is 0. The summed E-state index contributed by atoms with van der Waals surface area (Å²) in [7, 11) is 0. The molecule has 6 N–H and O–H groups in total. The Labute approximate surface area is 185 Å². The lowest BCUT2D eigenvalue weighted by Gasteiger charge is -2.23. The zero-order valence-electron chi connectivity index (χ0n) is 17.4. The number of aliphatic carboxylic acids is 2. The highest BCUT2D eigenvalue weighted by atomic mass is 16.4. The number of rotatable bonds is 12. The third kappa shape index (κ3) is 8.19. The van der Waals surface area contributed by atoms with Crippen LogP contribution in [0.4, 0.5) is 0 Å². The van der Waals surface area contributed by atoms with Crippen LogP contribution in [0.5, 0.6) is 0 Å². The molecular formula is C23H27N3O6. The minimum Gasteiger partial charge on any atom is -0.481 e. The van der Waals surface area contributed by atoms with Gasteiger partial charge in [0.1, 0.15) is 12.1 Å². The molecule has 0 heterocycles. The van der Waals surface area contributed by atoms with E-state index in [-0.39, 0.29) is 25.7 Å². The maximum atomic E-state index is 13.0. The Bertz CT molecular complexity index is 920. The fourth-order valence-electron chi connectivity index (χ4n) is 3.07. The first kappa shape index (κ1) is 24.5. The highest BCUT2D eigenvalue weighted by Crippen LogP contribution is 2.07. The van der Waals surface area contributed by atoms with Gasteiger partial charge in [-0.2, -0.15) is 0 Å². The fourth-order valence-corrected chi connectivity index (χ4v) is 3.07. The lowest BCUT2D eigenvalue weighted by molar-refractivity contribution is -0.142. The lowest BCUT2D eigenvalue weighted by Crippen LogP contribution is -2.55. The molecule has 0 aromatic heterocycles. The molecule has 2 aromatic rings. The molecule has 3 unspecified atom stereocenters. The van der Waals surface area contributed by atoms with E-state index < -0.39 is 41.9 Å². The van der Waals surface area contributed by atoms with Crippen LogP contribution in [-0.2, 0) is 32.0 Å². The van der Waals surface area contributed by atoms with E-state index in [1.807, 2.05) is 0 Å².